The number of aliphatic hydroxyl groups is 3. The van der Waals surface area contributed by atoms with E-state index in [1.807, 2.05) is 4.93 Å². The van der Waals surface area contributed by atoms with Gasteiger partial charge >= 0.3 is 11.9 Å². The van der Waals surface area contributed by atoms with Crippen molar-refractivity contribution in [2.75, 3.05) is 4.93 Å². The maximum absolute atomic E-state index is 11.6. The Morgan fingerprint density at radius 3 is 1.60 bits per heavy atom. The molecule has 376 valence electrons. The second-order valence-electron chi connectivity index (χ2n) is 25.9. The summed E-state index contributed by atoms with van der Waals surface area (Å²) in [7, 11) is 0. The second-order valence-corrected chi connectivity index (χ2v) is 25.9. The molecule has 0 aromatic carbocycles. The van der Waals surface area contributed by atoms with Crippen molar-refractivity contribution in [2.45, 2.75) is 229 Å². The van der Waals surface area contributed by atoms with Gasteiger partial charge in [-0.15, -0.1) is 0 Å². The number of alkyl halides is 1. The zero-order valence-electron chi connectivity index (χ0n) is 43.5. The minimum absolute atomic E-state index is 0.0827. The van der Waals surface area contributed by atoms with E-state index in [1.54, 1.807) is 0 Å². The molecule has 7 nitrogen and oxygen atoms in total. The van der Waals surface area contributed by atoms with Gasteiger partial charge in [-0.3, -0.25) is 9.59 Å². The largest absolute Gasteiger partial charge is 0.481 e. The first-order valence-corrected chi connectivity index (χ1v) is 29.5. The van der Waals surface area contributed by atoms with Crippen LogP contribution in [0.4, 0.5) is 0 Å². The number of carboxylic acids is 2. The van der Waals surface area contributed by atoms with Gasteiger partial charge in [-0.1, -0.05) is 118 Å². The molecule has 8 aliphatic carbocycles. The number of aliphatic carboxylic acids is 2. The first kappa shape index (κ1) is 53.9. The minimum Gasteiger partial charge on any atom is -0.481 e. The van der Waals surface area contributed by atoms with E-state index < -0.39 is 18.0 Å². The van der Waals surface area contributed by atoms with Gasteiger partial charge in [0.05, 0.1) is 18.3 Å². The number of carboxylic acid groups (broad SMARTS) is 2. The molecular formula is C57H99IO7. The van der Waals surface area contributed by atoms with Gasteiger partial charge < -0.3 is 25.5 Å². The fourth-order valence-electron chi connectivity index (χ4n) is 19.9. The Bertz CT molecular complexity index is 1640. The summed E-state index contributed by atoms with van der Waals surface area (Å²) in [6, 6.07) is 0. The highest BCUT2D eigenvalue weighted by Crippen LogP contribution is 2.76. The lowest BCUT2D eigenvalue weighted by Crippen LogP contribution is -2.63. The molecule has 5 N–H and O–H groups in total. The summed E-state index contributed by atoms with van der Waals surface area (Å²) in [5.74, 6) is 6.68. The third-order valence-corrected chi connectivity index (χ3v) is 24.7. The van der Waals surface area contributed by atoms with E-state index in [1.165, 1.54) is 64.2 Å². The van der Waals surface area contributed by atoms with Crippen LogP contribution in [-0.2, 0) is 9.59 Å². The number of aliphatic hydroxyl groups excluding tert-OH is 3. The molecule has 8 saturated carbocycles. The molecule has 8 fully saturated rings. The lowest BCUT2D eigenvalue weighted by Gasteiger charge is -2.67. The predicted molar refractivity (Wildman–Crippen MR) is 273 cm³/mol. The molecule has 0 saturated heterocycles. The number of hydrogen-bond donors (Lipinski definition) is 5. The molecule has 8 heteroatoms. The van der Waals surface area contributed by atoms with E-state index in [2.05, 4.69) is 98.8 Å². The van der Waals surface area contributed by atoms with Gasteiger partial charge in [0.15, 0.2) is 0 Å². The summed E-state index contributed by atoms with van der Waals surface area (Å²) >= 11 is 2.15. The smallest absolute Gasteiger partial charge is 0.303 e. The van der Waals surface area contributed by atoms with Crippen molar-refractivity contribution in [2.24, 2.45) is 109 Å². The fraction of sp³-hybridized carbons (Fsp3) is 0.965. The number of hydrogen-bond acceptors (Lipinski definition) is 5. The third kappa shape index (κ3) is 8.78. The molecule has 1 unspecified atom stereocenters. The summed E-state index contributed by atoms with van der Waals surface area (Å²) in [6.45, 7) is 26.7. The molecule has 0 spiro atoms. The molecule has 0 heterocycles. The number of carbonyl (C=O) groups is 2. The summed E-state index contributed by atoms with van der Waals surface area (Å²) in [5, 5.41) is 51.8. The Labute approximate surface area is 411 Å². The fourth-order valence-corrected chi connectivity index (χ4v) is 19.9. The van der Waals surface area contributed by atoms with E-state index in [0.29, 0.717) is 41.4 Å². The van der Waals surface area contributed by atoms with Gasteiger partial charge in [0, 0.05) is 18.3 Å². The molecule has 65 heavy (non-hydrogen) atoms. The van der Waals surface area contributed by atoms with Gasteiger partial charge in [0.1, 0.15) is 0 Å². The van der Waals surface area contributed by atoms with Crippen molar-refractivity contribution in [3.63, 3.8) is 0 Å². The summed E-state index contributed by atoms with van der Waals surface area (Å²) in [5.41, 5.74) is 0.846. The van der Waals surface area contributed by atoms with E-state index in [4.69, 9.17) is 0 Å². The van der Waals surface area contributed by atoms with Crippen LogP contribution < -0.4 is 0 Å². The van der Waals surface area contributed by atoms with Crippen molar-refractivity contribution < 1.29 is 35.1 Å². The lowest BCUT2D eigenvalue weighted by atomic mass is 9.38. The Balaban J connectivity index is 0.000000208. The van der Waals surface area contributed by atoms with Gasteiger partial charge in [-0.25, -0.2) is 0 Å². The molecule has 8 rings (SSSR count). The minimum atomic E-state index is -0.754. The average Bonchev–Trinajstić information content (AvgIpc) is 3.73. The Kier molecular flexibility index (Phi) is 16.9. The highest BCUT2D eigenvalue weighted by Gasteiger charge is 2.70. The Hall–Kier alpha value is -0.450. The molecular weight excluding hydrogens is 924 g/mol. The van der Waals surface area contributed by atoms with Gasteiger partial charge in [0.2, 0.25) is 0 Å². The predicted octanol–water partition coefficient (Wildman–Crippen LogP) is 13.7. The van der Waals surface area contributed by atoms with Crippen LogP contribution in [-0.4, -0.2) is 60.7 Å². The molecule has 0 aliphatic heterocycles. The summed E-state index contributed by atoms with van der Waals surface area (Å²) in [6.07, 6.45) is 21.1. The van der Waals surface area contributed by atoms with Crippen LogP contribution in [0.5, 0.6) is 0 Å². The monoisotopic (exact) mass is 1020 g/mol. The van der Waals surface area contributed by atoms with Crippen molar-refractivity contribution in [1.82, 2.24) is 0 Å². The van der Waals surface area contributed by atoms with Crippen LogP contribution in [0.15, 0.2) is 0 Å². The van der Waals surface area contributed by atoms with Gasteiger partial charge in [-0.2, -0.15) is 0 Å². The second kappa shape index (κ2) is 20.3. The maximum Gasteiger partial charge on any atom is 0.303 e. The van der Waals surface area contributed by atoms with E-state index in [0.717, 1.165) is 92.8 Å². The van der Waals surface area contributed by atoms with Crippen LogP contribution in [0, 0.1) is 109 Å². The summed E-state index contributed by atoms with van der Waals surface area (Å²) in [4.78, 5) is 24.5. The first-order valence-electron chi connectivity index (χ1n) is 27.4. The molecule has 0 radical (unpaired) electrons. The van der Waals surface area contributed by atoms with Gasteiger partial charge in [0.25, 0.3) is 0 Å². The topological polar surface area (TPSA) is 135 Å². The molecule has 0 aromatic heterocycles. The van der Waals surface area contributed by atoms with Crippen LogP contribution >= 0.6 is 22.6 Å². The third-order valence-electron chi connectivity index (χ3n) is 24.7. The zero-order valence-corrected chi connectivity index (χ0v) is 45.7. The van der Waals surface area contributed by atoms with Crippen LogP contribution in [0.25, 0.3) is 0 Å². The highest BCUT2D eigenvalue weighted by molar-refractivity contribution is 14.1. The van der Waals surface area contributed by atoms with Crippen molar-refractivity contribution >= 4 is 34.5 Å². The van der Waals surface area contributed by atoms with Crippen molar-refractivity contribution in [3.8, 4) is 0 Å². The zero-order chi connectivity index (χ0) is 48.2. The maximum atomic E-state index is 11.6. The lowest BCUT2D eigenvalue weighted by molar-refractivity contribution is -0.219. The van der Waals surface area contributed by atoms with Gasteiger partial charge in [-0.05, 0) is 212 Å². The van der Waals surface area contributed by atoms with Crippen LogP contribution in [0.3, 0.4) is 0 Å². The number of halogens is 1. The standard InChI is InChI=1S/C31H54O2.C25H42O5.CH3I/c1-8-21-13-15-29(5)24(17-21)18-22(9-2)28-25-14-16-30(6,20(4)11-12-27(32)33)31(25,7)23(10-3)19-26(28)29;1-14(5-6-21(29)30)24(3)10-8-17-22-18(13-20(28)25(17,24)4)23(2)9-7-16(26)11-15(23)12-19(22)27;1-2/h20-26,28H,8-19H2,1-7H3,(H,32,33);14-20,22,26-28H,5-13H2,1-4H3,(H,29,30);1H3/t20-,21?,22-,23+,24+,25+,26+,28+,29+,30-,31+;14-,15+,16-,17+,18+,19-,20+,22+,23+,24-,25-;/m11./s1. The molecule has 22 atom stereocenters. The van der Waals surface area contributed by atoms with E-state index in [-0.39, 0.29) is 58.0 Å². The normalized spacial score (nSPS) is 50.5. The molecule has 0 amide bonds. The summed E-state index contributed by atoms with van der Waals surface area (Å²) < 4.78 is 0. The Morgan fingerprint density at radius 1 is 0.569 bits per heavy atom. The van der Waals surface area contributed by atoms with Crippen molar-refractivity contribution in [1.29, 1.82) is 0 Å². The molecule has 8 aliphatic rings. The quantitative estimate of drug-likeness (QED) is 0.103. The first-order chi connectivity index (χ1) is 30.5. The van der Waals surface area contributed by atoms with E-state index in [9.17, 15) is 35.1 Å². The van der Waals surface area contributed by atoms with Crippen LogP contribution in [0.1, 0.15) is 211 Å². The van der Waals surface area contributed by atoms with E-state index >= 15 is 0 Å². The van der Waals surface area contributed by atoms with Crippen molar-refractivity contribution in [3.05, 3.63) is 0 Å². The Morgan fingerprint density at radius 2 is 1.08 bits per heavy atom. The SMILES string of the molecule is CCC1CC[C@@]2(C)[C@@H](C1)C[C@@H](CC)[C@@H]1[C@@H]2C[C@H](CC)[C@@]2(C)[C@H]1CC[C@]2(C)[C@H](C)CCC(=O)O.CI.C[C@H](CCC(=O)O)[C@@]1(C)CC[C@H]2[C@@H]3[C@H](O)C[C@@H]4C[C@H](O)CC[C@]4(C)[C@H]3C[C@H](O)[C@@]21C. The number of fused-ring (bicyclic) bond motifs is 10. The number of rotatable bonds is 11. The molecule has 0 aromatic rings. The average molecular weight is 1020 g/mol. The highest BCUT2D eigenvalue weighted by atomic mass is 127. The van der Waals surface area contributed by atoms with Crippen LogP contribution in [0.2, 0.25) is 0 Å². The molecule has 0 bridgehead atoms.